The molecular weight excluding hydrogens is 67.0 g/mol. The first kappa shape index (κ1) is 4.93. The Balaban J connectivity index is 0. The summed E-state index contributed by atoms with van der Waals surface area (Å²) in [4.78, 5) is 0. The van der Waals surface area contributed by atoms with Crippen molar-refractivity contribution >= 4 is 0 Å². The summed E-state index contributed by atoms with van der Waals surface area (Å²) in [6, 6.07) is 0. The Morgan fingerprint density at radius 2 is 2.40 bits per heavy atom. The van der Waals surface area contributed by atoms with E-state index in [2.05, 4.69) is 0 Å². The molecule has 0 amide bonds. The van der Waals surface area contributed by atoms with E-state index in [0.717, 1.165) is 12.8 Å². The van der Waals surface area contributed by atoms with Crippen molar-refractivity contribution in [3.8, 4) is 0 Å². The fraction of sp³-hybridized carbons (Fsp3) is 1.00. The van der Waals surface area contributed by atoms with E-state index in [9.17, 15) is 4.39 Å². The predicted molar refractivity (Wildman–Crippen MR) is 22.0 cm³/mol. The number of halogens is 1. The molecule has 0 aliphatic carbocycles. The van der Waals surface area contributed by atoms with Crippen LogP contribution in [0.2, 0.25) is 0 Å². The number of hydrogen-bond donors (Lipinski definition) is 0. The van der Waals surface area contributed by atoms with Gasteiger partial charge in [-0.25, -0.2) is 0 Å². The van der Waals surface area contributed by atoms with Crippen molar-refractivity contribution in [2.45, 2.75) is 19.8 Å². The smallest absolute Gasteiger partial charge is 0.251 e. The molecule has 5 heavy (non-hydrogen) atoms. The minimum Gasteiger partial charge on any atom is -0.251 e. The molecule has 0 radical (unpaired) electrons. The molecule has 0 aliphatic rings. The van der Waals surface area contributed by atoms with Gasteiger partial charge in [-0.3, -0.25) is 4.39 Å². The van der Waals surface area contributed by atoms with Gasteiger partial charge in [0.1, 0.15) is 0 Å². The van der Waals surface area contributed by atoms with Crippen molar-refractivity contribution in [1.82, 2.24) is 0 Å². The van der Waals surface area contributed by atoms with Gasteiger partial charge in [0.25, 0.3) is 0 Å². The second-order valence-electron chi connectivity index (χ2n) is 1.04. The van der Waals surface area contributed by atoms with Crippen LogP contribution >= 0.6 is 0 Å². The van der Waals surface area contributed by atoms with Crippen LogP contribution in [0.4, 0.5) is 4.39 Å². The third-order valence-corrected chi connectivity index (χ3v) is 0.487. The first-order valence-corrected chi connectivity index (χ1v) is 1.97. The molecule has 0 aliphatic heterocycles. The number of unbranched alkanes of at least 4 members (excludes halogenated alkanes) is 1. The molecule has 0 atom stereocenters. The Morgan fingerprint density at radius 3 is 2.40 bits per heavy atom. The van der Waals surface area contributed by atoms with Gasteiger partial charge in [0.05, 0.1) is 6.67 Å². The van der Waals surface area contributed by atoms with Crippen LogP contribution < -0.4 is 0 Å². The molecule has 32 valence electrons. The van der Waals surface area contributed by atoms with Crippen LogP contribution in [0, 0.1) is 0 Å². The minimum atomic E-state index is -0.156. The van der Waals surface area contributed by atoms with Crippen LogP contribution in [-0.4, -0.2) is 6.67 Å². The van der Waals surface area contributed by atoms with Gasteiger partial charge in [-0.1, -0.05) is 13.3 Å². The molecule has 0 saturated heterocycles. The molecule has 0 spiro atoms. The summed E-state index contributed by atoms with van der Waals surface area (Å²) < 4.78 is 11.0. The second-order valence-corrected chi connectivity index (χ2v) is 1.04. The quantitative estimate of drug-likeness (QED) is 0.472. The molecule has 0 rings (SSSR count). The maximum absolute atomic E-state index is 11.0. The Bertz CT molecular complexity index is 15.0. The lowest BCUT2D eigenvalue weighted by atomic mass is 10.4. The van der Waals surface area contributed by atoms with Crippen molar-refractivity contribution in [2.75, 3.05) is 6.67 Å². The van der Waals surface area contributed by atoms with Crippen molar-refractivity contribution in [3.05, 3.63) is 0 Å². The van der Waals surface area contributed by atoms with E-state index in [0.29, 0.717) is 0 Å². The van der Waals surface area contributed by atoms with Gasteiger partial charge in [-0.2, -0.15) is 0 Å². The van der Waals surface area contributed by atoms with Gasteiger partial charge in [0, 0.05) is 0 Å². The predicted octanol–water partition coefficient (Wildman–Crippen LogP) is 1.87. The highest BCUT2D eigenvalue weighted by Crippen LogP contribution is 1.83. The van der Waals surface area contributed by atoms with Crippen LogP contribution in [0.1, 0.15) is 21.2 Å². The summed E-state index contributed by atoms with van der Waals surface area (Å²) in [7, 11) is 0. The molecule has 0 fully saturated rings. The molecule has 0 unspecified atom stereocenters. The van der Waals surface area contributed by atoms with E-state index in [1.807, 2.05) is 6.92 Å². The molecule has 0 bridgehead atoms. The zero-order chi connectivity index (χ0) is 4.12. The Morgan fingerprint density at radius 1 is 1.80 bits per heavy atom. The maximum Gasteiger partial charge on any atom is 1.00 e. The van der Waals surface area contributed by atoms with Gasteiger partial charge in [0.15, 0.2) is 0 Å². The lowest BCUT2D eigenvalue weighted by Gasteiger charge is -1.76. The molecule has 0 aromatic rings. The van der Waals surface area contributed by atoms with Crippen molar-refractivity contribution < 1.29 is 5.82 Å². The van der Waals surface area contributed by atoms with Crippen LogP contribution in [0.3, 0.4) is 0 Å². The lowest BCUT2D eigenvalue weighted by molar-refractivity contribution is 0.469. The number of alkyl halides is 1. The van der Waals surface area contributed by atoms with Gasteiger partial charge < -0.3 is 0 Å². The van der Waals surface area contributed by atoms with E-state index in [-0.39, 0.29) is 8.10 Å². The molecule has 1 heteroatoms. The second kappa shape index (κ2) is 3.93. The van der Waals surface area contributed by atoms with Crippen LogP contribution in [-0.2, 0) is 0 Å². The fourth-order valence-corrected chi connectivity index (χ4v) is 0.134. The normalized spacial score (nSPS) is 8.40. The van der Waals surface area contributed by atoms with Crippen LogP contribution in [0.25, 0.3) is 0 Å². The fourth-order valence-electron chi connectivity index (χ4n) is 0.134. The monoisotopic (exact) mass is 77.1 g/mol. The van der Waals surface area contributed by atoms with E-state index in [1.54, 1.807) is 0 Å². The summed E-state index contributed by atoms with van der Waals surface area (Å²) in [5.74, 6) is 0. The van der Waals surface area contributed by atoms with Crippen molar-refractivity contribution in [1.29, 1.82) is 0 Å². The summed E-state index contributed by atoms with van der Waals surface area (Å²) in [6.45, 7) is 1.82. The first-order valence-electron chi connectivity index (χ1n) is 1.97. The third kappa shape index (κ3) is 3.93. The lowest BCUT2D eigenvalue weighted by Crippen LogP contribution is -1.67. The molecule has 0 aromatic carbocycles. The van der Waals surface area contributed by atoms with Gasteiger partial charge in [-0.15, -0.1) is 0 Å². The third-order valence-electron chi connectivity index (χ3n) is 0.487. The maximum atomic E-state index is 11.0. The molecule has 0 heterocycles. The summed E-state index contributed by atoms with van der Waals surface area (Å²) in [5, 5.41) is 0. The molecule has 0 nitrogen and oxygen atoms in total. The van der Waals surface area contributed by atoms with E-state index in [1.165, 1.54) is 0 Å². The highest BCUT2D eigenvalue weighted by Gasteiger charge is 1.71. The average Bonchev–Trinajstić information content (AvgIpc) is 1.41. The Labute approximate surface area is 33.5 Å². The number of rotatable bonds is 2. The average molecular weight is 77.1 g/mol. The van der Waals surface area contributed by atoms with Crippen LogP contribution in [0.15, 0.2) is 0 Å². The zero-order valence-corrected chi connectivity index (χ0v) is 3.50. The minimum absolute atomic E-state index is 0. The number of hydrogen-bond acceptors (Lipinski definition) is 0. The molecule has 0 N–H and O–H groups in total. The Kier molecular flexibility index (Phi) is 3.87. The molecule has 0 aromatic heterocycles. The first-order chi connectivity index (χ1) is 2.41. The summed E-state index contributed by atoms with van der Waals surface area (Å²) in [5.41, 5.74) is 0. The topological polar surface area (TPSA) is 0 Å². The highest BCUT2D eigenvalue weighted by atomic mass is 19.1. The van der Waals surface area contributed by atoms with E-state index in [4.69, 9.17) is 0 Å². The SMILES string of the molecule is CCCCF.[H+]. The standard InChI is InChI=1S/C4H9F/c1-2-3-4-5/h2-4H2,1H3/p+1. The summed E-state index contributed by atoms with van der Waals surface area (Å²) >= 11 is 0. The van der Waals surface area contributed by atoms with Crippen molar-refractivity contribution in [2.24, 2.45) is 0 Å². The van der Waals surface area contributed by atoms with E-state index < -0.39 is 0 Å². The molecular formula is C4H10F+. The molecule has 0 saturated carbocycles. The van der Waals surface area contributed by atoms with Gasteiger partial charge >= 0.3 is 1.43 Å². The highest BCUT2D eigenvalue weighted by molar-refractivity contribution is 4.23. The van der Waals surface area contributed by atoms with Crippen molar-refractivity contribution in [3.63, 3.8) is 0 Å². The van der Waals surface area contributed by atoms with Crippen LogP contribution in [0.5, 0.6) is 0 Å². The summed E-state index contributed by atoms with van der Waals surface area (Å²) in [6.07, 6.45) is 1.69. The van der Waals surface area contributed by atoms with Gasteiger partial charge in [-0.05, 0) is 6.42 Å². The van der Waals surface area contributed by atoms with E-state index >= 15 is 0 Å². The Hall–Kier alpha value is -0.0700. The van der Waals surface area contributed by atoms with Gasteiger partial charge in [0.2, 0.25) is 0 Å². The zero-order valence-electron chi connectivity index (χ0n) is 4.50. The largest absolute Gasteiger partial charge is 1.00 e.